The number of rotatable bonds is 3. The molecule has 5 nitrogen and oxygen atoms in total. The van der Waals surface area contributed by atoms with Gasteiger partial charge in [0, 0.05) is 30.1 Å². The molecule has 0 saturated heterocycles. The molecule has 6 heteroatoms. The molecule has 0 aromatic carbocycles. The van der Waals surface area contributed by atoms with Crippen molar-refractivity contribution in [1.29, 1.82) is 0 Å². The van der Waals surface area contributed by atoms with Gasteiger partial charge in [-0.15, -0.1) is 11.3 Å². The number of carbonyl (C=O) groups is 1. The minimum absolute atomic E-state index is 0.0826. The Kier molecular flexibility index (Phi) is 5.45. The molecule has 1 amide bonds. The van der Waals surface area contributed by atoms with Gasteiger partial charge < -0.3 is 15.5 Å². The predicted octanol–water partition coefficient (Wildman–Crippen LogP) is 1.99. The third-order valence-electron chi connectivity index (χ3n) is 3.37. The molecule has 1 aliphatic heterocycles. The molecule has 122 valence electrons. The summed E-state index contributed by atoms with van der Waals surface area (Å²) in [4.78, 5) is 20.1. The van der Waals surface area contributed by atoms with E-state index in [2.05, 4.69) is 47.8 Å². The first kappa shape index (κ1) is 16.8. The number of aliphatic imine (C=N–C) groups is 1. The van der Waals surface area contributed by atoms with Crippen LogP contribution in [0.25, 0.3) is 0 Å². The van der Waals surface area contributed by atoms with Crippen LogP contribution in [0.1, 0.15) is 38.1 Å². The normalized spacial score (nSPS) is 15.5. The summed E-state index contributed by atoms with van der Waals surface area (Å²) in [5, 5.41) is 8.58. The maximum Gasteiger partial charge on any atom is 0.244 e. The van der Waals surface area contributed by atoms with Gasteiger partial charge in [0.25, 0.3) is 0 Å². The van der Waals surface area contributed by atoms with E-state index in [4.69, 9.17) is 0 Å². The average molecular weight is 322 g/mol. The van der Waals surface area contributed by atoms with Crippen molar-refractivity contribution >= 4 is 23.2 Å². The smallest absolute Gasteiger partial charge is 0.244 e. The molecule has 1 aromatic heterocycles. The Morgan fingerprint density at radius 3 is 2.91 bits per heavy atom. The molecule has 0 bridgehead atoms. The summed E-state index contributed by atoms with van der Waals surface area (Å²) in [6.07, 6.45) is 0.961. The van der Waals surface area contributed by atoms with Gasteiger partial charge in [0.2, 0.25) is 5.91 Å². The number of fused-ring (bicyclic) bond motifs is 1. The van der Waals surface area contributed by atoms with E-state index in [9.17, 15) is 4.79 Å². The van der Waals surface area contributed by atoms with Gasteiger partial charge in [-0.1, -0.05) is 0 Å². The van der Waals surface area contributed by atoms with Crippen molar-refractivity contribution in [2.24, 2.45) is 4.99 Å². The van der Waals surface area contributed by atoms with E-state index in [0.717, 1.165) is 26.1 Å². The first-order chi connectivity index (χ1) is 10.4. The standard InChI is InChI=1S/C16H26N4OS/c1-5-17-15(19-16(2,3)4)18-10-14(21)20-8-6-13-12(11-20)7-9-22-13/h7,9H,5-6,8,10-11H2,1-4H3,(H2,17,18,19). The van der Waals surface area contributed by atoms with Gasteiger partial charge in [-0.2, -0.15) is 0 Å². The highest BCUT2D eigenvalue weighted by atomic mass is 32.1. The Labute approximate surface area is 136 Å². The Morgan fingerprint density at radius 1 is 1.45 bits per heavy atom. The molecule has 2 rings (SSSR count). The molecule has 0 atom stereocenters. The third kappa shape index (κ3) is 4.73. The molecule has 22 heavy (non-hydrogen) atoms. The van der Waals surface area contributed by atoms with Crippen molar-refractivity contribution in [2.75, 3.05) is 19.6 Å². The van der Waals surface area contributed by atoms with Gasteiger partial charge in [-0.05, 0) is 51.1 Å². The third-order valence-corrected chi connectivity index (χ3v) is 4.39. The van der Waals surface area contributed by atoms with Crippen molar-refractivity contribution in [3.8, 4) is 0 Å². The van der Waals surface area contributed by atoms with Crippen LogP contribution in [0.5, 0.6) is 0 Å². The van der Waals surface area contributed by atoms with Crippen molar-refractivity contribution in [3.05, 3.63) is 21.9 Å². The molecule has 0 saturated carbocycles. The fourth-order valence-corrected chi connectivity index (χ4v) is 3.26. The largest absolute Gasteiger partial charge is 0.357 e. The van der Waals surface area contributed by atoms with Crippen LogP contribution in [0, 0.1) is 0 Å². The molecule has 0 fully saturated rings. The average Bonchev–Trinajstić information content (AvgIpc) is 2.90. The molecule has 2 heterocycles. The number of hydrogen-bond donors (Lipinski definition) is 2. The van der Waals surface area contributed by atoms with Gasteiger partial charge in [0.1, 0.15) is 6.54 Å². The molecule has 0 aliphatic carbocycles. The minimum atomic E-state index is -0.0826. The summed E-state index contributed by atoms with van der Waals surface area (Å²) < 4.78 is 0. The number of nitrogens with one attached hydrogen (secondary N) is 2. The topological polar surface area (TPSA) is 56.7 Å². The van der Waals surface area contributed by atoms with Crippen molar-refractivity contribution < 1.29 is 4.79 Å². The van der Waals surface area contributed by atoms with Crippen LogP contribution >= 0.6 is 11.3 Å². The predicted molar refractivity (Wildman–Crippen MR) is 92.3 cm³/mol. The summed E-state index contributed by atoms with van der Waals surface area (Å²) >= 11 is 1.78. The lowest BCUT2D eigenvalue weighted by atomic mass is 10.1. The molecular formula is C16H26N4OS. The van der Waals surface area contributed by atoms with Crippen LogP contribution in [0.3, 0.4) is 0 Å². The Morgan fingerprint density at radius 2 is 2.23 bits per heavy atom. The summed E-state index contributed by atoms with van der Waals surface area (Å²) in [6.45, 7) is 10.7. The minimum Gasteiger partial charge on any atom is -0.357 e. The molecule has 2 N–H and O–H groups in total. The van der Waals surface area contributed by atoms with Crippen LogP contribution in [0.15, 0.2) is 16.4 Å². The number of amides is 1. The second kappa shape index (κ2) is 7.13. The number of nitrogens with zero attached hydrogens (tertiary/aromatic N) is 2. The quantitative estimate of drug-likeness (QED) is 0.661. The second-order valence-corrected chi connectivity index (χ2v) is 7.51. The van der Waals surface area contributed by atoms with E-state index in [1.54, 1.807) is 11.3 Å². The molecule has 0 radical (unpaired) electrons. The molecular weight excluding hydrogens is 296 g/mol. The van der Waals surface area contributed by atoms with Crippen LogP contribution in [0.4, 0.5) is 0 Å². The molecule has 0 spiro atoms. The van der Waals surface area contributed by atoms with Crippen LogP contribution < -0.4 is 10.6 Å². The van der Waals surface area contributed by atoms with Gasteiger partial charge in [0.05, 0.1) is 0 Å². The van der Waals surface area contributed by atoms with E-state index in [1.165, 1.54) is 10.4 Å². The fourth-order valence-electron chi connectivity index (χ4n) is 2.37. The van der Waals surface area contributed by atoms with Crippen molar-refractivity contribution in [1.82, 2.24) is 15.5 Å². The summed E-state index contributed by atoms with van der Waals surface area (Å²) in [6, 6.07) is 2.12. The lowest BCUT2D eigenvalue weighted by molar-refractivity contribution is -0.130. The van der Waals surface area contributed by atoms with Crippen LogP contribution in [-0.4, -0.2) is 41.9 Å². The Balaban J connectivity index is 1.94. The number of carbonyl (C=O) groups excluding carboxylic acids is 1. The number of thiophene rings is 1. The van der Waals surface area contributed by atoms with Crippen molar-refractivity contribution in [2.45, 2.75) is 46.2 Å². The maximum absolute atomic E-state index is 12.4. The molecule has 0 unspecified atom stereocenters. The van der Waals surface area contributed by atoms with E-state index in [-0.39, 0.29) is 18.0 Å². The van der Waals surface area contributed by atoms with E-state index < -0.39 is 0 Å². The van der Waals surface area contributed by atoms with Gasteiger partial charge in [0.15, 0.2) is 5.96 Å². The van der Waals surface area contributed by atoms with Gasteiger partial charge in [-0.3, -0.25) is 4.79 Å². The van der Waals surface area contributed by atoms with E-state index in [1.807, 2.05) is 11.8 Å². The SMILES string of the molecule is CCNC(=NCC(=O)N1CCc2sccc2C1)NC(C)(C)C. The molecule has 1 aromatic rings. The lowest BCUT2D eigenvalue weighted by Crippen LogP contribution is -2.48. The maximum atomic E-state index is 12.4. The zero-order valence-electron chi connectivity index (χ0n) is 13.9. The second-order valence-electron chi connectivity index (χ2n) is 6.50. The van der Waals surface area contributed by atoms with Gasteiger partial charge in [-0.25, -0.2) is 4.99 Å². The monoisotopic (exact) mass is 322 g/mol. The molecule has 1 aliphatic rings. The zero-order chi connectivity index (χ0) is 16.2. The van der Waals surface area contributed by atoms with Crippen molar-refractivity contribution in [3.63, 3.8) is 0 Å². The van der Waals surface area contributed by atoms with E-state index in [0.29, 0.717) is 5.96 Å². The van der Waals surface area contributed by atoms with Crippen LogP contribution in [0.2, 0.25) is 0 Å². The highest BCUT2D eigenvalue weighted by Crippen LogP contribution is 2.23. The fraction of sp³-hybridized carbons (Fsp3) is 0.625. The van der Waals surface area contributed by atoms with Gasteiger partial charge >= 0.3 is 0 Å². The highest BCUT2D eigenvalue weighted by molar-refractivity contribution is 7.10. The first-order valence-electron chi connectivity index (χ1n) is 7.78. The first-order valence-corrected chi connectivity index (χ1v) is 8.66. The highest BCUT2D eigenvalue weighted by Gasteiger charge is 2.21. The summed E-state index contributed by atoms with van der Waals surface area (Å²) in [5.41, 5.74) is 1.20. The summed E-state index contributed by atoms with van der Waals surface area (Å²) in [5.74, 6) is 0.777. The van der Waals surface area contributed by atoms with Crippen LogP contribution in [-0.2, 0) is 17.8 Å². The lowest BCUT2D eigenvalue weighted by Gasteiger charge is -2.27. The number of hydrogen-bond acceptors (Lipinski definition) is 3. The Hall–Kier alpha value is -1.56. The summed E-state index contributed by atoms with van der Waals surface area (Å²) in [7, 11) is 0. The Bertz CT molecular complexity index is 545. The van der Waals surface area contributed by atoms with E-state index >= 15 is 0 Å². The zero-order valence-corrected chi connectivity index (χ0v) is 14.7. The number of guanidine groups is 1.